The summed E-state index contributed by atoms with van der Waals surface area (Å²) in [7, 11) is 2.14. The number of rotatable bonds is 2. The number of anilines is 1. The van der Waals surface area contributed by atoms with Gasteiger partial charge < -0.3 is 10.0 Å². The van der Waals surface area contributed by atoms with E-state index in [1.54, 1.807) is 0 Å². The van der Waals surface area contributed by atoms with Crippen molar-refractivity contribution in [2.45, 2.75) is 39.3 Å². The van der Waals surface area contributed by atoms with Crippen LogP contribution in [-0.4, -0.2) is 48.3 Å². The average molecular weight is 262 g/mol. The van der Waals surface area contributed by atoms with Crippen molar-refractivity contribution in [3.05, 3.63) is 29.3 Å². The average Bonchev–Trinajstić information content (AvgIpc) is 2.35. The molecule has 106 valence electrons. The summed E-state index contributed by atoms with van der Waals surface area (Å²) in [6, 6.07) is 6.76. The molecular formula is C16H26N2O. The summed E-state index contributed by atoms with van der Waals surface area (Å²) in [5.41, 5.74) is 3.98. The van der Waals surface area contributed by atoms with Gasteiger partial charge in [0.15, 0.2) is 0 Å². The first-order chi connectivity index (χ1) is 8.85. The second-order valence-electron chi connectivity index (χ2n) is 6.43. The fraction of sp³-hybridized carbons (Fsp3) is 0.625. The van der Waals surface area contributed by atoms with Crippen LogP contribution in [0.2, 0.25) is 0 Å². The Morgan fingerprint density at radius 2 is 1.95 bits per heavy atom. The largest absolute Gasteiger partial charge is 0.394 e. The summed E-state index contributed by atoms with van der Waals surface area (Å²) in [4.78, 5) is 4.69. The molecule has 19 heavy (non-hydrogen) atoms. The number of hydrogen-bond donors (Lipinski definition) is 1. The number of likely N-dealkylation sites (N-methyl/N-ethyl adjacent to an activating group) is 1. The molecule has 3 heteroatoms. The standard InChI is InChI=1S/C16H26N2O/c1-12-6-7-14(8-13(12)2)18-11-16(3,4)17(5)9-15(18)10-19/h6-8,15,19H,9-11H2,1-5H3. The van der Waals surface area contributed by atoms with Gasteiger partial charge in [-0.25, -0.2) is 0 Å². The van der Waals surface area contributed by atoms with Crippen LogP contribution in [0.15, 0.2) is 18.2 Å². The molecule has 0 amide bonds. The van der Waals surface area contributed by atoms with Gasteiger partial charge in [-0.05, 0) is 58.0 Å². The van der Waals surface area contributed by atoms with E-state index < -0.39 is 0 Å². The van der Waals surface area contributed by atoms with Gasteiger partial charge in [-0.1, -0.05) is 6.07 Å². The number of benzene rings is 1. The number of aliphatic hydroxyl groups is 1. The van der Waals surface area contributed by atoms with E-state index in [0.29, 0.717) is 0 Å². The van der Waals surface area contributed by atoms with E-state index in [0.717, 1.165) is 13.1 Å². The monoisotopic (exact) mass is 262 g/mol. The van der Waals surface area contributed by atoms with Crippen LogP contribution in [-0.2, 0) is 0 Å². The van der Waals surface area contributed by atoms with Gasteiger partial charge in [-0.2, -0.15) is 0 Å². The van der Waals surface area contributed by atoms with Gasteiger partial charge in [0.1, 0.15) is 0 Å². The van der Waals surface area contributed by atoms with Crippen molar-refractivity contribution in [2.75, 3.05) is 31.6 Å². The maximum Gasteiger partial charge on any atom is 0.0648 e. The first-order valence-corrected chi connectivity index (χ1v) is 7.01. The van der Waals surface area contributed by atoms with Gasteiger partial charge >= 0.3 is 0 Å². The first kappa shape index (κ1) is 14.4. The minimum Gasteiger partial charge on any atom is -0.394 e. The molecule has 1 aliphatic heterocycles. The molecule has 0 spiro atoms. The summed E-state index contributed by atoms with van der Waals surface area (Å²) < 4.78 is 0. The van der Waals surface area contributed by atoms with Gasteiger partial charge in [-0.15, -0.1) is 0 Å². The molecule has 1 fully saturated rings. The maximum absolute atomic E-state index is 9.67. The van der Waals surface area contributed by atoms with Crippen LogP contribution in [0, 0.1) is 13.8 Å². The number of aryl methyl sites for hydroxylation is 2. The van der Waals surface area contributed by atoms with Gasteiger partial charge in [0.25, 0.3) is 0 Å². The third kappa shape index (κ3) is 2.77. The SMILES string of the molecule is Cc1ccc(N2CC(C)(C)N(C)CC2CO)cc1C. The zero-order valence-electron chi connectivity index (χ0n) is 12.8. The van der Waals surface area contributed by atoms with Gasteiger partial charge in [0.2, 0.25) is 0 Å². The van der Waals surface area contributed by atoms with Gasteiger partial charge in [-0.3, -0.25) is 4.90 Å². The van der Waals surface area contributed by atoms with E-state index in [1.807, 2.05) is 0 Å². The van der Waals surface area contributed by atoms with E-state index in [1.165, 1.54) is 16.8 Å². The number of hydrogen-bond acceptors (Lipinski definition) is 3. The molecule has 1 unspecified atom stereocenters. The van der Waals surface area contributed by atoms with Crippen molar-refractivity contribution in [1.82, 2.24) is 4.90 Å². The molecule has 2 rings (SSSR count). The minimum atomic E-state index is 0.129. The molecule has 0 aromatic heterocycles. The molecule has 1 saturated heterocycles. The van der Waals surface area contributed by atoms with Gasteiger partial charge in [0.05, 0.1) is 12.6 Å². The molecule has 1 N–H and O–H groups in total. The molecule has 1 atom stereocenters. The maximum atomic E-state index is 9.67. The van der Waals surface area contributed by atoms with Crippen molar-refractivity contribution in [3.8, 4) is 0 Å². The first-order valence-electron chi connectivity index (χ1n) is 7.01. The van der Waals surface area contributed by atoms with E-state index in [-0.39, 0.29) is 18.2 Å². The molecule has 0 aliphatic carbocycles. The quantitative estimate of drug-likeness (QED) is 0.885. The summed E-state index contributed by atoms with van der Waals surface area (Å²) >= 11 is 0. The lowest BCUT2D eigenvalue weighted by atomic mass is 9.95. The summed E-state index contributed by atoms with van der Waals surface area (Å²) in [6.07, 6.45) is 0. The molecule has 0 bridgehead atoms. The Hall–Kier alpha value is -1.06. The zero-order chi connectivity index (χ0) is 14.2. The molecular weight excluding hydrogens is 236 g/mol. The van der Waals surface area contributed by atoms with Crippen molar-refractivity contribution < 1.29 is 5.11 Å². The molecule has 3 nitrogen and oxygen atoms in total. The molecule has 0 radical (unpaired) electrons. The van der Waals surface area contributed by atoms with Crippen molar-refractivity contribution in [2.24, 2.45) is 0 Å². The van der Waals surface area contributed by atoms with Crippen LogP contribution in [0.25, 0.3) is 0 Å². The number of aliphatic hydroxyl groups excluding tert-OH is 1. The van der Waals surface area contributed by atoms with Crippen LogP contribution < -0.4 is 4.90 Å². The van der Waals surface area contributed by atoms with Crippen molar-refractivity contribution in [1.29, 1.82) is 0 Å². The normalized spacial score (nSPS) is 23.7. The number of nitrogens with zero attached hydrogens (tertiary/aromatic N) is 2. The third-order valence-electron chi connectivity index (χ3n) is 4.55. The van der Waals surface area contributed by atoms with Gasteiger partial charge in [0, 0.05) is 24.3 Å². The molecule has 1 aliphatic rings. The lowest BCUT2D eigenvalue weighted by Gasteiger charge is -2.50. The second-order valence-corrected chi connectivity index (χ2v) is 6.43. The Labute approximate surface area is 116 Å². The number of piperazine rings is 1. The molecule has 1 aromatic carbocycles. The highest BCUT2D eigenvalue weighted by Crippen LogP contribution is 2.29. The Kier molecular flexibility index (Phi) is 3.88. The van der Waals surface area contributed by atoms with E-state index in [9.17, 15) is 5.11 Å². The van der Waals surface area contributed by atoms with Crippen LogP contribution in [0.1, 0.15) is 25.0 Å². The summed E-state index contributed by atoms with van der Waals surface area (Å²) in [5.74, 6) is 0. The molecule has 0 saturated carbocycles. The van der Waals surface area contributed by atoms with Crippen LogP contribution in [0.5, 0.6) is 0 Å². The van der Waals surface area contributed by atoms with Crippen LogP contribution in [0.3, 0.4) is 0 Å². The van der Waals surface area contributed by atoms with Crippen LogP contribution >= 0.6 is 0 Å². The van der Waals surface area contributed by atoms with Crippen molar-refractivity contribution >= 4 is 5.69 Å². The lowest BCUT2D eigenvalue weighted by Crippen LogP contribution is -2.63. The molecule has 1 aromatic rings. The fourth-order valence-electron chi connectivity index (χ4n) is 2.69. The predicted octanol–water partition coefficient (Wildman–Crippen LogP) is 2.19. The Bertz CT molecular complexity index is 456. The smallest absolute Gasteiger partial charge is 0.0648 e. The summed E-state index contributed by atoms with van der Waals surface area (Å²) in [6.45, 7) is 10.8. The lowest BCUT2D eigenvalue weighted by molar-refractivity contribution is 0.0932. The van der Waals surface area contributed by atoms with E-state index in [2.05, 4.69) is 62.7 Å². The highest BCUT2D eigenvalue weighted by atomic mass is 16.3. The second kappa shape index (κ2) is 5.14. The Balaban J connectivity index is 2.32. The summed E-state index contributed by atoms with van der Waals surface area (Å²) in [5, 5.41) is 9.67. The zero-order valence-corrected chi connectivity index (χ0v) is 12.8. The third-order valence-corrected chi connectivity index (χ3v) is 4.55. The Morgan fingerprint density at radius 3 is 2.53 bits per heavy atom. The Morgan fingerprint density at radius 1 is 1.26 bits per heavy atom. The van der Waals surface area contributed by atoms with Crippen LogP contribution in [0.4, 0.5) is 5.69 Å². The minimum absolute atomic E-state index is 0.129. The van der Waals surface area contributed by atoms with E-state index in [4.69, 9.17) is 0 Å². The fourth-order valence-corrected chi connectivity index (χ4v) is 2.69. The highest BCUT2D eigenvalue weighted by molar-refractivity contribution is 5.52. The van der Waals surface area contributed by atoms with E-state index >= 15 is 0 Å². The highest BCUT2D eigenvalue weighted by Gasteiger charge is 2.36. The topological polar surface area (TPSA) is 26.7 Å². The predicted molar refractivity (Wildman–Crippen MR) is 80.8 cm³/mol. The molecule has 1 heterocycles. The van der Waals surface area contributed by atoms with Crippen molar-refractivity contribution in [3.63, 3.8) is 0 Å².